The van der Waals surface area contributed by atoms with Gasteiger partial charge < -0.3 is 20.1 Å². The van der Waals surface area contributed by atoms with E-state index in [0.29, 0.717) is 0 Å². The molecule has 0 aromatic heterocycles. The number of nitrogens with one attached hydrogen (secondary N) is 1. The zero-order valence-electron chi connectivity index (χ0n) is 15.1. The summed E-state index contributed by atoms with van der Waals surface area (Å²) in [5.74, 6) is -1.68. The van der Waals surface area contributed by atoms with Crippen molar-refractivity contribution in [2.45, 2.75) is 38.8 Å². The molecule has 1 atom stereocenters. The minimum atomic E-state index is -1.15. The van der Waals surface area contributed by atoms with Crippen LogP contribution in [-0.4, -0.2) is 53.2 Å². The second-order valence-electron chi connectivity index (χ2n) is 6.12. The fourth-order valence-corrected chi connectivity index (χ4v) is 2.02. The monoisotopic (exact) mass is 337 g/mol. The molecular formula is C17H24N2O5. The number of nitrogens with zero attached hydrogens (tertiary/aromatic N) is 1. The number of aliphatic carboxylic acids is 1. The van der Waals surface area contributed by atoms with E-state index in [4.69, 9.17) is 11.2 Å². The molecule has 0 aliphatic carbocycles. The van der Waals surface area contributed by atoms with Crippen LogP contribution in [-0.2, 0) is 20.7 Å². The van der Waals surface area contributed by atoms with Gasteiger partial charge in [0, 0.05) is 14.8 Å². The molecule has 0 spiro atoms. The van der Waals surface area contributed by atoms with Gasteiger partial charge in [-0.25, -0.2) is 4.79 Å². The van der Waals surface area contributed by atoms with Crippen LogP contribution in [0.15, 0.2) is 30.3 Å². The van der Waals surface area contributed by atoms with Crippen LogP contribution in [0, 0.1) is 0 Å². The van der Waals surface area contributed by atoms with Crippen molar-refractivity contribution < 1.29 is 25.6 Å². The molecule has 0 heterocycles. The van der Waals surface area contributed by atoms with Crippen molar-refractivity contribution in [2.24, 2.45) is 0 Å². The van der Waals surface area contributed by atoms with E-state index >= 15 is 0 Å². The van der Waals surface area contributed by atoms with Gasteiger partial charge in [0.05, 0.1) is 0 Å². The van der Waals surface area contributed by atoms with Gasteiger partial charge >= 0.3 is 12.1 Å². The van der Waals surface area contributed by atoms with Crippen molar-refractivity contribution >= 4 is 18.0 Å². The lowest BCUT2D eigenvalue weighted by atomic mass is 10.0. The van der Waals surface area contributed by atoms with Gasteiger partial charge in [-0.05, 0) is 26.3 Å². The third kappa shape index (κ3) is 7.13. The molecule has 1 aromatic carbocycles. The van der Waals surface area contributed by atoms with Crippen molar-refractivity contribution in [3.05, 3.63) is 35.9 Å². The molecule has 132 valence electrons. The van der Waals surface area contributed by atoms with Crippen LogP contribution in [0.1, 0.15) is 27.7 Å². The number of carbonyl (C=O) groups excluding carboxylic acids is 2. The predicted molar refractivity (Wildman–Crippen MR) is 88.6 cm³/mol. The summed E-state index contributed by atoms with van der Waals surface area (Å²) in [7, 11) is 1.36. The summed E-state index contributed by atoms with van der Waals surface area (Å²) >= 11 is 0. The molecule has 1 rings (SSSR count). The van der Waals surface area contributed by atoms with Crippen molar-refractivity contribution in [2.75, 3.05) is 13.6 Å². The lowest BCUT2D eigenvalue weighted by Crippen LogP contribution is -2.50. The number of benzene rings is 1. The maximum atomic E-state index is 12.5. The van der Waals surface area contributed by atoms with Gasteiger partial charge in [-0.2, -0.15) is 0 Å². The first-order valence-corrected chi connectivity index (χ1v) is 7.44. The zero-order valence-corrected chi connectivity index (χ0v) is 14.1. The first-order valence-electron chi connectivity index (χ1n) is 8.15. The van der Waals surface area contributed by atoms with Crippen LogP contribution in [0.2, 0.25) is 0 Å². The summed E-state index contributed by atoms with van der Waals surface area (Å²) in [4.78, 5) is 36.4. The van der Waals surface area contributed by atoms with E-state index in [2.05, 4.69) is 5.32 Å². The number of likely N-dealkylation sites (N-methyl/N-ethyl adjacent to an activating group) is 1. The summed E-state index contributed by atoms with van der Waals surface area (Å²) in [6, 6.07) is 8.07. The summed E-state index contributed by atoms with van der Waals surface area (Å²) < 4.78 is 12.5. The Bertz CT molecular complexity index is 606. The maximum absolute atomic E-state index is 12.5. The number of hydrogen-bond acceptors (Lipinski definition) is 4. The lowest BCUT2D eigenvalue weighted by Gasteiger charge is -2.26. The van der Waals surface area contributed by atoms with Crippen LogP contribution in [0.4, 0.5) is 4.79 Å². The number of carbonyl (C=O) groups is 3. The Hall–Kier alpha value is -2.57. The number of ether oxygens (including phenoxy) is 1. The Morgan fingerprint density at radius 2 is 1.96 bits per heavy atom. The number of alkyl carbamates (subject to hydrolysis) is 1. The molecule has 0 bridgehead atoms. The molecular weight excluding hydrogens is 312 g/mol. The molecule has 0 aliphatic heterocycles. The normalized spacial score (nSPS) is 12.7. The quantitative estimate of drug-likeness (QED) is 0.823. The second kappa shape index (κ2) is 8.33. The van der Waals surface area contributed by atoms with Crippen LogP contribution < -0.4 is 5.32 Å². The standard InChI is InChI=1S/C17H24N2O5/c1-17(2,3)24-16(23)18-13(10-12-8-6-5-7-9-12)15(22)19(4)11-14(20)21/h5-9,13H,10-11H2,1-4H3,(H,18,23)(H,20,21)/t13-/m0/s1/i1D. The van der Waals surface area contributed by atoms with E-state index in [0.717, 1.165) is 10.5 Å². The minimum Gasteiger partial charge on any atom is -0.480 e. The first kappa shape index (κ1) is 17.8. The Morgan fingerprint density at radius 1 is 1.33 bits per heavy atom. The predicted octanol–water partition coefficient (Wildman–Crippen LogP) is 1.67. The lowest BCUT2D eigenvalue weighted by molar-refractivity contribution is -0.144. The fraction of sp³-hybridized carbons (Fsp3) is 0.471. The molecule has 0 radical (unpaired) electrons. The van der Waals surface area contributed by atoms with Gasteiger partial charge in [0.15, 0.2) is 0 Å². The zero-order chi connectivity index (χ0) is 19.0. The third-order valence-electron chi connectivity index (χ3n) is 2.99. The summed E-state index contributed by atoms with van der Waals surface area (Å²) in [6.45, 7) is 2.57. The Kier molecular flexibility index (Phi) is 6.17. The first-order chi connectivity index (χ1) is 11.6. The molecule has 7 nitrogen and oxygen atoms in total. The van der Waals surface area contributed by atoms with Crippen LogP contribution >= 0.6 is 0 Å². The van der Waals surface area contributed by atoms with E-state index < -0.39 is 36.2 Å². The Balaban J connectivity index is 2.89. The van der Waals surface area contributed by atoms with Gasteiger partial charge in [-0.3, -0.25) is 9.59 Å². The molecule has 1 aromatic rings. The van der Waals surface area contributed by atoms with E-state index in [1.165, 1.54) is 7.05 Å². The van der Waals surface area contributed by atoms with E-state index in [1.807, 2.05) is 6.07 Å². The topological polar surface area (TPSA) is 95.9 Å². The number of rotatable bonds is 6. The van der Waals surface area contributed by atoms with Gasteiger partial charge in [0.1, 0.15) is 18.2 Å². The SMILES string of the molecule is [2H]CC(C)(C)OC(=O)N[C@@H](Cc1ccccc1)C(=O)N(C)CC(=O)O. The highest BCUT2D eigenvalue weighted by atomic mass is 16.6. The highest BCUT2D eigenvalue weighted by Gasteiger charge is 2.27. The molecule has 24 heavy (non-hydrogen) atoms. The molecule has 0 fully saturated rings. The van der Waals surface area contributed by atoms with Gasteiger partial charge in [-0.15, -0.1) is 0 Å². The molecule has 2 amide bonds. The van der Waals surface area contributed by atoms with Gasteiger partial charge in [-0.1, -0.05) is 30.3 Å². The summed E-state index contributed by atoms with van der Waals surface area (Å²) in [6.07, 6.45) is -0.629. The molecule has 2 N–H and O–H groups in total. The molecule has 0 saturated heterocycles. The number of carboxylic acids is 1. The van der Waals surface area contributed by atoms with Crippen LogP contribution in [0.25, 0.3) is 0 Å². The number of carboxylic acid groups (broad SMARTS) is 1. The highest BCUT2D eigenvalue weighted by Crippen LogP contribution is 2.09. The maximum Gasteiger partial charge on any atom is 0.408 e. The molecule has 0 aliphatic rings. The van der Waals surface area contributed by atoms with E-state index in [1.54, 1.807) is 38.1 Å². The summed E-state index contributed by atoms with van der Waals surface area (Å²) in [5, 5.41) is 11.3. The fourth-order valence-electron chi connectivity index (χ4n) is 2.02. The van der Waals surface area contributed by atoms with Gasteiger partial charge in [0.2, 0.25) is 5.91 Å². The van der Waals surface area contributed by atoms with Crippen molar-refractivity contribution in [3.63, 3.8) is 0 Å². The largest absolute Gasteiger partial charge is 0.480 e. The number of hydrogen-bond donors (Lipinski definition) is 2. The van der Waals surface area contributed by atoms with Crippen molar-refractivity contribution in [3.8, 4) is 0 Å². The Morgan fingerprint density at radius 3 is 2.50 bits per heavy atom. The van der Waals surface area contributed by atoms with Crippen molar-refractivity contribution in [1.29, 1.82) is 0 Å². The van der Waals surface area contributed by atoms with Gasteiger partial charge in [0.25, 0.3) is 0 Å². The molecule has 7 heteroatoms. The van der Waals surface area contributed by atoms with E-state index in [-0.39, 0.29) is 13.3 Å². The molecule has 0 unspecified atom stereocenters. The Labute approximate surface area is 143 Å². The third-order valence-corrected chi connectivity index (χ3v) is 2.99. The van der Waals surface area contributed by atoms with Crippen LogP contribution in [0.3, 0.4) is 0 Å². The van der Waals surface area contributed by atoms with Crippen LogP contribution in [0.5, 0.6) is 0 Å². The minimum absolute atomic E-state index is 0.128. The van der Waals surface area contributed by atoms with E-state index in [9.17, 15) is 14.4 Å². The average Bonchev–Trinajstić information content (AvgIpc) is 2.53. The molecule has 0 saturated carbocycles. The average molecular weight is 337 g/mol. The van der Waals surface area contributed by atoms with Crippen molar-refractivity contribution in [1.82, 2.24) is 10.2 Å². The second-order valence-corrected chi connectivity index (χ2v) is 6.12. The number of amides is 2. The smallest absolute Gasteiger partial charge is 0.408 e. The summed E-state index contributed by atoms with van der Waals surface area (Å²) in [5.41, 5.74) is -0.179. The highest BCUT2D eigenvalue weighted by molar-refractivity contribution is 5.88.